The van der Waals surface area contributed by atoms with Gasteiger partial charge in [-0.3, -0.25) is 9.59 Å². The molecule has 0 aliphatic heterocycles. The van der Waals surface area contributed by atoms with Crippen molar-refractivity contribution < 1.29 is 9.59 Å². The third-order valence-electron chi connectivity index (χ3n) is 4.56. The molecular weight excluding hydrogens is 286 g/mol. The monoisotopic (exact) mass is 309 g/mol. The number of hydrogen-bond donors (Lipinski definition) is 1. The van der Waals surface area contributed by atoms with Crippen LogP contribution in [-0.2, 0) is 0 Å². The van der Waals surface area contributed by atoms with Gasteiger partial charge in [0.05, 0.1) is 5.69 Å². The summed E-state index contributed by atoms with van der Waals surface area (Å²) in [5, 5.41) is 2.90. The van der Waals surface area contributed by atoms with E-state index < -0.39 is 0 Å². The van der Waals surface area contributed by atoms with Gasteiger partial charge in [0.2, 0.25) is 0 Å². The fourth-order valence-electron chi connectivity index (χ4n) is 2.60. The molecule has 0 radical (unpaired) electrons. The molecule has 0 aliphatic carbocycles. The van der Waals surface area contributed by atoms with Crippen LogP contribution in [0.25, 0.3) is 0 Å². The van der Waals surface area contributed by atoms with Crippen LogP contribution in [0.1, 0.15) is 55.5 Å². The first-order valence-electron chi connectivity index (χ1n) is 7.72. The molecular formula is C20H23NO2. The van der Waals surface area contributed by atoms with Crippen LogP contribution in [0.15, 0.2) is 24.3 Å². The highest BCUT2D eigenvalue weighted by molar-refractivity contribution is 6.10. The van der Waals surface area contributed by atoms with Crippen molar-refractivity contribution in [2.45, 2.75) is 41.5 Å². The van der Waals surface area contributed by atoms with Crippen LogP contribution in [0.2, 0.25) is 0 Å². The maximum absolute atomic E-state index is 12.6. The van der Waals surface area contributed by atoms with E-state index in [0.717, 1.165) is 27.8 Å². The molecule has 0 atom stereocenters. The topological polar surface area (TPSA) is 46.2 Å². The van der Waals surface area contributed by atoms with Crippen molar-refractivity contribution in [2.24, 2.45) is 0 Å². The lowest BCUT2D eigenvalue weighted by Crippen LogP contribution is -2.16. The highest BCUT2D eigenvalue weighted by atomic mass is 16.1. The van der Waals surface area contributed by atoms with Crippen molar-refractivity contribution >= 4 is 17.4 Å². The van der Waals surface area contributed by atoms with E-state index in [1.807, 2.05) is 58.9 Å². The molecule has 2 rings (SSSR count). The number of ketones is 1. The summed E-state index contributed by atoms with van der Waals surface area (Å²) in [7, 11) is 0. The molecule has 120 valence electrons. The van der Waals surface area contributed by atoms with Crippen LogP contribution in [0.5, 0.6) is 0 Å². The Kier molecular flexibility index (Phi) is 4.69. The largest absolute Gasteiger partial charge is 0.321 e. The number of Topliss-reactive ketones (excluding diaryl/α,β-unsaturated/α-hetero) is 1. The number of anilines is 1. The summed E-state index contributed by atoms with van der Waals surface area (Å²) in [5.41, 5.74) is 7.08. The summed E-state index contributed by atoms with van der Waals surface area (Å²) < 4.78 is 0. The van der Waals surface area contributed by atoms with Crippen LogP contribution in [0, 0.1) is 34.6 Å². The van der Waals surface area contributed by atoms with Gasteiger partial charge in [-0.1, -0.05) is 6.07 Å². The molecule has 0 aliphatic rings. The van der Waals surface area contributed by atoms with E-state index in [4.69, 9.17) is 0 Å². The van der Waals surface area contributed by atoms with Crippen molar-refractivity contribution in [3.63, 3.8) is 0 Å². The second-order valence-corrected chi connectivity index (χ2v) is 6.17. The SMILES string of the molecule is CC(=O)c1cc(C)c(C)cc1NC(=O)c1ccc(C)c(C)c1C. The number of carbonyl (C=O) groups is 2. The van der Waals surface area contributed by atoms with Crippen LogP contribution >= 0.6 is 0 Å². The predicted octanol–water partition coefficient (Wildman–Crippen LogP) is 4.68. The van der Waals surface area contributed by atoms with Crippen molar-refractivity contribution in [1.29, 1.82) is 0 Å². The fraction of sp³-hybridized carbons (Fsp3) is 0.300. The first kappa shape index (κ1) is 16.9. The maximum Gasteiger partial charge on any atom is 0.255 e. The van der Waals surface area contributed by atoms with Crippen LogP contribution < -0.4 is 5.32 Å². The van der Waals surface area contributed by atoms with E-state index in [9.17, 15) is 9.59 Å². The molecule has 1 N–H and O–H groups in total. The first-order chi connectivity index (χ1) is 10.7. The number of nitrogens with one attached hydrogen (secondary N) is 1. The summed E-state index contributed by atoms with van der Waals surface area (Å²) in [5.74, 6) is -0.239. The predicted molar refractivity (Wildman–Crippen MR) is 94.5 cm³/mol. The molecule has 2 aromatic carbocycles. The Morgan fingerprint density at radius 3 is 2.00 bits per heavy atom. The Labute approximate surface area is 137 Å². The number of aryl methyl sites for hydroxylation is 3. The molecule has 0 fully saturated rings. The summed E-state index contributed by atoms with van der Waals surface area (Å²) in [6.07, 6.45) is 0. The van der Waals surface area contributed by atoms with Gasteiger partial charge in [0.15, 0.2) is 5.78 Å². The minimum Gasteiger partial charge on any atom is -0.321 e. The van der Waals surface area contributed by atoms with Crippen molar-refractivity contribution in [2.75, 3.05) is 5.32 Å². The quantitative estimate of drug-likeness (QED) is 0.836. The Morgan fingerprint density at radius 1 is 0.783 bits per heavy atom. The molecule has 0 unspecified atom stereocenters. The number of benzene rings is 2. The Bertz CT molecular complexity index is 804. The lowest BCUT2D eigenvalue weighted by molar-refractivity contribution is 0.101. The van der Waals surface area contributed by atoms with Gasteiger partial charge >= 0.3 is 0 Å². The summed E-state index contributed by atoms with van der Waals surface area (Å²) >= 11 is 0. The second kappa shape index (κ2) is 6.37. The van der Waals surface area contributed by atoms with Crippen molar-refractivity contribution in [3.8, 4) is 0 Å². The van der Waals surface area contributed by atoms with E-state index in [0.29, 0.717) is 16.8 Å². The highest BCUT2D eigenvalue weighted by Gasteiger charge is 2.16. The molecule has 3 nitrogen and oxygen atoms in total. The lowest BCUT2D eigenvalue weighted by Gasteiger charge is -2.15. The zero-order valence-corrected chi connectivity index (χ0v) is 14.6. The Morgan fingerprint density at radius 2 is 1.39 bits per heavy atom. The number of rotatable bonds is 3. The van der Waals surface area contributed by atoms with E-state index >= 15 is 0 Å². The van der Waals surface area contributed by atoms with E-state index in [2.05, 4.69) is 5.32 Å². The smallest absolute Gasteiger partial charge is 0.255 e. The van der Waals surface area contributed by atoms with Crippen LogP contribution in [0.4, 0.5) is 5.69 Å². The first-order valence-corrected chi connectivity index (χ1v) is 7.72. The van der Waals surface area contributed by atoms with Gasteiger partial charge < -0.3 is 5.32 Å². The summed E-state index contributed by atoms with van der Waals surface area (Å²) in [4.78, 5) is 24.5. The maximum atomic E-state index is 12.6. The van der Waals surface area contributed by atoms with Crippen molar-refractivity contribution in [1.82, 2.24) is 0 Å². The fourth-order valence-corrected chi connectivity index (χ4v) is 2.60. The van der Waals surface area contributed by atoms with Crippen molar-refractivity contribution in [3.05, 3.63) is 63.2 Å². The summed E-state index contributed by atoms with van der Waals surface area (Å²) in [6, 6.07) is 7.48. The average Bonchev–Trinajstić information content (AvgIpc) is 2.48. The lowest BCUT2D eigenvalue weighted by atomic mass is 9.97. The Hall–Kier alpha value is -2.42. The van der Waals surface area contributed by atoms with Gasteiger partial charge in [-0.15, -0.1) is 0 Å². The molecule has 0 bridgehead atoms. The van der Waals surface area contributed by atoms with E-state index in [1.165, 1.54) is 6.92 Å². The molecule has 0 spiro atoms. The second-order valence-electron chi connectivity index (χ2n) is 6.17. The van der Waals surface area contributed by atoms with Gasteiger partial charge in [0.25, 0.3) is 5.91 Å². The minimum absolute atomic E-state index is 0.0554. The standard InChI is InChI=1S/C20H23NO2/c1-11-7-8-17(15(5)14(11)4)20(23)21-19-10-13(3)12(2)9-18(19)16(6)22/h7-10H,1-6H3,(H,21,23). The molecule has 1 amide bonds. The van der Waals surface area contributed by atoms with Crippen LogP contribution in [0.3, 0.4) is 0 Å². The van der Waals surface area contributed by atoms with Gasteiger partial charge in [0, 0.05) is 11.1 Å². The Balaban J connectivity index is 2.44. The third kappa shape index (κ3) is 3.34. The van der Waals surface area contributed by atoms with Gasteiger partial charge in [-0.25, -0.2) is 0 Å². The molecule has 23 heavy (non-hydrogen) atoms. The normalized spacial score (nSPS) is 10.5. The van der Waals surface area contributed by atoms with E-state index in [1.54, 1.807) is 0 Å². The van der Waals surface area contributed by atoms with Crippen LogP contribution in [-0.4, -0.2) is 11.7 Å². The molecule has 3 heteroatoms. The number of amides is 1. The molecule has 0 aromatic heterocycles. The zero-order chi connectivity index (χ0) is 17.3. The minimum atomic E-state index is -0.184. The highest BCUT2D eigenvalue weighted by Crippen LogP contribution is 2.24. The van der Waals surface area contributed by atoms with Gasteiger partial charge in [-0.2, -0.15) is 0 Å². The van der Waals surface area contributed by atoms with E-state index in [-0.39, 0.29) is 11.7 Å². The zero-order valence-electron chi connectivity index (χ0n) is 14.6. The van der Waals surface area contributed by atoms with Gasteiger partial charge in [-0.05, 0) is 87.6 Å². The van der Waals surface area contributed by atoms with Gasteiger partial charge in [0.1, 0.15) is 0 Å². The molecule has 0 saturated heterocycles. The summed E-state index contributed by atoms with van der Waals surface area (Å²) in [6.45, 7) is 11.4. The third-order valence-corrected chi connectivity index (χ3v) is 4.56. The molecule has 0 saturated carbocycles. The number of carbonyl (C=O) groups excluding carboxylic acids is 2. The molecule has 2 aromatic rings. The molecule has 0 heterocycles. The number of hydrogen-bond acceptors (Lipinski definition) is 2. The average molecular weight is 309 g/mol.